The van der Waals surface area contributed by atoms with Crippen LogP contribution in [0.1, 0.15) is 52.4 Å². The average molecular weight is 255 g/mol. The molecule has 0 aromatic heterocycles. The Hall–Kier alpha value is -1.06. The zero-order chi connectivity index (χ0) is 13.5. The van der Waals surface area contributed by atoms with E-state index in [0.29, 0.717) is 24.8 Å². The predicted octanol–water partition coefficient (Wildman–Crippen LogP) is 2.53. The van der Waals surface area contributed by atoms with Crippen LogP contribution in [-0.4, -0.2) is 35.0 Å². The molecule has 0 spiro atoms. The summed E-state index contributed by atoms with van der Waals surface area (Å²) in [7, 11) is 0. The smallest absolute Gasteiger partial charge is 0.323 e. The molecule has 0 saturated heterocycles. The summed E-state index contributed by atoms with van der Waals surface area (Å²) in [6.45, 7) is 4.37. The number of amides is 1. The Morgan fingerprint density at radius 3 is 2.39 bits per heavy atom. The monoisotopic (exact) mass is 255 g/mol. The van der Waals surface area contributed by atoms with Crippen molar-refractivity contribution in [3.63, 3.8) is 0 Å². The highest BCUT2D eigenvalue weighted by Gasteiger charge is 2.21. The Kier molecular flexibility index (Phi) is 6.16. The fourth-order valence-electron chi connectivity index (χ4n) is 2.64. The first-order chi connectivity index (χ1) is 8.49. The van der Waals surface area contributed by atoms with E-state index >= 15 is 0 Å². The highest BCUT2D eigenvalue weighted by atomic mass is 16.4. The van der Waals surface area contributed by atoms with Gasteiger partial charge in [-0.2, -0.15) is 0 Å². The number of hydrogen-bond donors (Lipinski definition) is 1. The lowest BCUT2D eigenvalue weighted by atomic mass is 10.0. The highest BCUT2D eigenvalue weighted by molar-refractivity contribution is 5.81. The van der Waals surface area contributed by atoms with Gasteiger partial charge in [0.25, 0.3) is 0 Å². The van der Waals surface area contributed by atoms with Crippen molar-refractivity contribution in [2.75, 3.05) is 13.1 Å². The predicted molar refractivity (Wildman–Crippen MR) is 70.2 cm³/mol. The number of carboxylic acids is 1. The summed E-state index contributed by atoms with van der Waals surface area (Å²) in [6.07, 6.45) is 6.46. The lowest BCUT2D eigenvalue weighted by molar-refractivity contribution is -0.144. The lowest BCUT2D eigenvalue weighted by Gasteiger charge is -2.23. The Morgan fingerprint density at radius 2 is 1.89 bits per heavy atom. The van der Waals surface area contributed by atoms with E-state index in [1.54, 1.807) is 0 Å². The molecular formula is C14H25NO3. The number of rotatable bonds is 7. The van der Waals surface area contributed by atoms with Gasteiger partial charge in [0.2, 0.25) is 5.91 Å². The molecule has 1 N–H and O–H groups in total. The van der Waals surface area contributed by atoms with Crippen LogP contribution in [0.3, 0.4) is 0 Å². The minimum Gasteiger partial charge on any atom is -0.480 e. The molecule has 0 atom stereocenters. The van der Waals surface area contributed by atoms with E-state index in [9.17, 15) is 9.59 Å². The van der Waals surface area contributed by atoms with Crippen molar-refractivity contribution in [1.29, 1.82) is 0 Å². The van der Waals surface area contributed by atoms with Crippen LogP contribution in [0, 0.1) is 11.8 Å². The maximum atomic E-state index is 12.0. The first-order valence-corrected chi connectivity index (χ1v) is 6.98. The quantitative estimate of drug-likeness (QED) is 0.760. The van der Waals surface area contributed by atoms with E-state index in [0.717, 1.165) is 6.42 Å². The molecule has 0 heterocycles. The summed E-state index contributed by atoms with van der Waals surface area (Å²) in [6, 6.07) is 0. The van der Waals surface area contributed by atoms with Gasteiger partial charge in [-0.3, -0.25) is 9.59 Å². The number of aliphatic carboxylic acids is 1. The van der Waals surface area contributed by atoms with Gasteiger partial charge < -0.3 is 10.0 Å². The Labute approximate surface area is 109 Å². The molecule has 0 aromatic rings. The second kappa shape index (κ2) is 7.39. The van der Waals surface area contributed by atoms with Gasteiger partial charge in [0.1, 0.15) is 6.54 Å². The van der Waals surface area contributed by atoms with E-state index in [4.69, 9.17) is 5.11 Å². The van der Waals surface area contributed by atoms with Crippen LogP contribution >= 0.6 is 0 Å². The molecule has 0 aliphatic heterocycles. The Morgan fingerprint density at radius 1 is 1.28 bits per heavy atom. The zero-order valence-corrected chi connectivity index (χ0v) is 11.5. The Bertz CT molecular complexity index is 283. The van der Waals surface area contributed by atoms with Crippen molar-refractivity contribution in [3.05, 3.63) is 0 Å². The summed E-state index contributed by atoms with van der Waals surface area (Å²) >= 11 is 0. The largest absolute Gasteiger partial charge is 0.480 e. The van der Waals surface area contributed by atoms with Crippen molar-refractivity contribution < 1.29 is 14.7 Å². The molecule has 1 saturated carbocycles. The SMILES string of the molecule is CC(C)CN(CC(=O)O)C(=O)CCC1CCCC1. The minimum atomic E-state index is -0.926. The summed E-state index contributed by atoms with van der Waals surface area (Å²) in [4.78, 5) is 24.3. The fraction of sp³-hybridized carbons (Fsp3) is 0.857. The van der Waals surface area contributed by atoms with Crippen LogP contribution in [0.5, 0.6) is 0 Å². The molecule has 1 rings (SSSR count). The van der Waals surface area contributed by atoms with Crippen LogP contribution in [0.25, 0.3) is 0 Å². The van der Waals surface area contributed by atoms with E-state index in [2.05, 4.69) is 0 Å². The molecule has 1 aliphatic rings. The lowest BCUT2D eigenvalue weighted by Crippen LogP contribution is -2.38. The molecule has 0 aromatic carbocycles. The van der Waals surface area contributed by atoms with Gasteiger partial charge in [0.15, 0.2) is 0 Å². The molecule has 4 nitrogen and oxygen atoms in total. The second-order valence-electron chi connectivity index (χ2n) is 5.75. The molecule has 0 unspecified atom stereocenters. The molecule has 18 heavy (non-hydrogen) atoms. The third-order valence-corrected chi connectivity index (χ3v) is 3.51. The van der Waals surface area contributed by atoms with Gasteiger partial charge in [-0.05, 0) is 18.3 Å². The molecule has 4 heteroatoms. The molecule has 0 bridgehead atoms. The minimum absolute atomic E-state index is 0.00185. The number of carbonyl (C=O) groups excluding carboxylic acids is 1. The van der Waals surface area contributed by atoms with Crippen LogP contribution in [-0.2, 0) is 9.59 Å². The van der Waals surface area contributed by atoms with Gasteiger partial charge in [0, 0.05) is 13.0 Å². The van der Waals surface area contributed by atoms with E-state index in [1.165, 1.54) is 30.6 Å². The molecule has 1 amide bonds. The van der Waals surface area contributed by atoms with Crippen molar-refractivity contribution in [2.24, 2.45) is 11.8 Å². The number of hydrogen-bond acceptors (Lipinski definition) is 2. The van der Waals surface area contributed by atoms with E-state index in [-0.39, 0.29) is 12.5 Å². The molecule has 1 aliphatic carbocycles. The average Bonchev–Trinajstić information content (AvgIpc) is 2.76. The number of nitrogens with zero attached hydrogens (tertiary/aromatic N) is 1. The Balaban J connectivity index is 2.39. The first-order valence-electron chi connectivity index (χ1n) is 6.98. The van der Waals surface area contributed by atoms with Gasteiger partial charge in [-0.1, -0.05) is 39.5 Å². The van der Waals surface area contributed by atoms with Gasteiger partial charge >= 0.3 is 5.97 Å². The third-order valence-electron chi connectivity index (χ3n) is 3.51. The standard InChI is InChI=1S/C14H25NO3/c1-11(2)9-15(10-14(17)18)13(16)8-7-12-5-3-4-6-12/h11-12H,3-10H2,1-2H3,(H,17,18). The van der Waals surface area contributed by atoms with Crippen LogP contribution in [0.4, 0.5) is 0 Å². The van der Waals surface area contributed by atoms with Crippen LogP contribution < -0.4 is 0 Å². The van der Waals surface area contributed by atoms with Crippen LogP contribution in [0.2, 0.25) is 0 Å². The van der Waals surface area contributed by atoms with Gasteiger partial charge in [-0.25, -0.2) is 0 Å². The number of carboxylic acid groups (broad SMARTS) is 1. The molecular weight excluding hydrogens is 230 g/mol. The normalized spacial score (nSPS) is 16.2. The zero-order valence-electron chi connectivity index (χ0n) is 11.5. The maximum Gasteiger partial charge on any atom is 0.323 e. The van der Waals surface area contributed by atoms with Crippen molar-refractivity contribution in [2.45, 2.75) is 52.4 Å². The van der Waals surface area contributed by atoms with Gasteiger partial charge in [0.05, 0.1) is 0 Å². The summed E-state index contributed by atoms with van der Waals surface area (Å²) in [5.41, 5.74) is 0. The summed E-state index contributed by atoms with van der Waals surface area (Å²) < 4.78 is 0. The maximum absolute atomic E-state index is 12.0. The fourth-order valence-corrected chi connectivity index (χ4v) is 2.64. The molecule has 1 fully saturated rings. The molecule has 104 valence electrons. The van der Waals surface area contributed by atoms with Crippen LogP contribution in [0.15, 0.2) is 0 Å². The highest BCUT2D eigenvalue weighted by Crippen LogP contribution is 2.28. The van der Waals surface area contributed by atoms with Crippen molar-refractivity contribution in [1.82, 2.24) is 4.90 Å². The van der Waals surface area contributed by atoms with Gasteiger partial charge in [-0.15, -0.1) is 0 Å². The van der Waals surface area contributed by atoms with E-state index in [1.807, 2.05) is 13.8 Å². The topological polar surface area (TPSA) is 57.6 Å². The van der Waals surface area contributed by atoms with E-state index < -0.39 is 5.97 Å². The summed E-state index contributed by atoms with van der Waals surface area (Å²) in [5, 5.41) is 8.83. The first kappa shape index (κ1) is 15.0. The molecule has 0 radical (unpaired) electrons. The van der Waals surface area contributed by atoms with Crippen molar-refractivity contribution >= 4 is 11.9 Å². The summed E-state index contributed by atoms with van der Waals surface area (Å²) in [5.74, 6) is 0.0577. The second-order valence-corrected chi connectivity index (χ2v) is 5.75. The number of carbonyl (C=O) groups is 2. The third kappa shape index (κ3) is 5.52. The van der Waals surface area contributed by atoms with Crippen molar-refractivity contribution in [3.8, 4) is 0 Å².